The molecule has 4 aromatic carbocycles. The van der Waals surface area contributed by atoms with E-state index < -0.39 is 15.9 Å². The summed E-state index contributed by atoms with van der Waals surface area (Å²) in [6.45, 7) is 0. The molecule has 0 radical (unpaired) electrons. The minimum atomic E-state index is -3.97. The molecular formula is C25H19ClN2O3S. The van der Waals surface area contributed by atoms with E-state index in [0.717, 1.165) is 18.2 Å². The second kappa shape index (κ2) is 7.97. The number of halogens is 1. The van der Waals surface area contributed by atoms with Crippen LogP contribution < -0.4 is 10.0 Å². The van der Waals surface area contributed by atoms with Crippen molar-refractivity contribution in [3.63, 3.8) is 0 Å². The molecule has 5 nitrogen and oxygen atoms in total. The Morgan fingerprint density at radius 3 is 2.38 bits per heavy atom. The zero-order valence-electron chi connectivity index (χ0n) is 16.9. The number of hydrogen-bond donors (Lipinski definition) is 2. The first-order valence-electron chi connectivity index (χ1n) is 10.1. The van der Waals surface area contributed by atoms with Crippen molar-refractivity contribution in [2.24, 2.45) is 0 Å². The maximum atomic E-state index is 13.0. The molecule has 4 aromatic rings. The lowest BCUT2D eigenvalue weighted by molar-refractivity contribution is 0.102. The summed E-state index contributed by atoms with van der Waals surface area (Å²) in [5.74, 6) is -0.406. The Labute approximate surface area is 191 Å². The Morgan fingerprint density at radius 2 is 1.59 bits per heavy atom. The third kappa shape index (κ3) is 3.72. The summed E-state index contributed by atoms with van der Waals surface area (Å²) in [4.78, 5) is 12.9. The van der Waals surface area contributed by atoms with Crippen LogP contribution in [-0.4, -0.2) is 14.3 Å². The van der Waals surface area contributed by atoms with Crippen molar-refractivity contribution in [3.8, 4) is 0 Å². The van der Waals surface area contributed by atoms with Gasteiger partial charge in [0.25, 0.3) is 15.9 Å². The molecule has 1 aliphatic carbocycles. The van der Waals surface area contributed by atoms with Crippen LogP contribution in [-0.2, 0) is 22.9 Å². The van der Waals surface area contributed by atoms with Crippen LogP contribution in [0.3, 0.4) is 0 Å². The third-order valence-electron chi connectivity index (χ3n) is 5.63. The van der Waals surface area contributed by atoms with E-state index in [2.05, 4.69) is 16.1 Å². The molecule has 2 N–H and O–H groups in total. The van der Waals surface area contributed by atoms with Crippen LogP contribution in [0.4, 0.5) is 11.4 Å². The van der Waals surface area contributed by atoms with Gasteiger partial charge >= 0.3 is 0 Å². The largest absolute Gasteiger partial charge is 0.321 e. The molecule has 0 saturated carbocycles. The van der Waals surface area contributed by atoms with Crippen LogP contribution in [0.15, 0.2) is 83.8 Å². The third-order valence-corrected chi connectivity index (χ3v) is 7.50. The van der Waals surface area contributed by atoms with Crippen LogP contribution in [0.25, 0.3) is 10.8 Å². The summed E-state index contributed by atoms with van der Waals surface area (Å²) in [7, 11) is -3.97. The molecule has 0 unspecified atom stereocenters. The van der Waals surface area contributed by atoms with Crippen LogP contribution in [0.5, 0.6) is 0 Å². The molecule has 7 heteroatoms. The van der Waals surface area contributed by atoms with Crippen molar-refractivity contribution >= 4 is 49.7 Å². The van der Waals surface area contributed by atoms with E-state index in [1.54, 1.807) is 30.3 Å². The molecule has 32 heavy (non-hydrogen) atoms. The van der Waals surface area contributed by atoms with E-state index in [1.807, 2.05) is 24.3 Å². The lowest BCUT2D eigenvalue weighted by Gasteiger charge is -2.13. The SMILES string of the molecule is O=C(Nc1ccc2c3c(cccc13)CC2)c1ccc(Cl)c(S(=O)(=O)Nc2ccccc2)c1. The van der Waals surface area contributed by atoms with Gasteiger partial charge in [0.2, 0.25) is 0 Å². The predicted octanol–water partition coefficient (Wildman–Crippen LogP) is 5.64. The molecule has 0 spiro atoms. The van der Waals surface area contributed by atoms with Gasteiger partial charge in [-0.2, -0.15) is 0 Å². The molecule has 1 amide bonds. The van der Waals surface area contributed by atoms with Gasteiger partial charge in [-0.15, -0.1) is 0 Å². The predicted molar refractivity (Wildman–Crippen MR) is 128 cm³/mol. The first-order valence-corrected chi connectivity index (χ1v) is 12.0. The summed E-state index contributed by atoms with van der Waals surface area (Å²) in [5, 5.41) is 5.15. The number of nitrogens with one attached hydrogen (secondary N) is 2. The number of carbonyl (C=O) groups is 1. The zero-order chi connectivity index (χ0) is 22.3. The van der Waals surface area contributed by atoms with Crippen LogP contribution in [0, 0.1) is 0 Å². The van der Waals surface area contributed by atoms with Crippen molar-refractivity contribution < 1.29 is 13.2 Å². The lowest BCUT2D eigenvalue weighted by atomic mass is 10.0. The number of anilines is 2. The number of rotatable bonds is 5. The number of para-hydroxylation sites is 1. The van der Waals surface area contributed by atoms with E-state index in [-0.39, 0.29) is 15.5 Å². The van der Waals surface area contributed by atoms with Crippen LogP contribution >= 0.6 is 11.6 Å². The number of hydrogen-bond acceptors (Lipinski definition) is 3. The normalized spacial score (nSPS) is 12.7. The minimum Gasteiger partial charge on any atom is -0.321 e. The highest BCUT2D eigenvalue weighted by Crippen LogP contribution is 2.35. The Balaban J connectivity index is 1.47. The van der Waals surface area contributed by atoms with Gasteiger partial charge in [0, 0.05) is 22.3 Å². The van der Waals surface area contributed by atoms with E-state index in [9.17, 15) is 13.2 Å². The Morgan fingerprint density at radius 1 is 0.844 bits per heavy atom. The lowest BCUT2D eigenvalue weighted by Crippen LogP contribution is -2.16. The van der Waals surface area contributed by atoms with Gasteiger partial charge in [0.05, 0.1) is 5.02 Å². The molecule has 0 aromatic heterocycles. The fourth-order valence-electron chi connectivity index (χ4n) is 4.12. The highest BCUT2D eigenvalue weighted by molar-refractivity contribution is 7.92. The zero-order valence-corrected chi connectivity index (χ0v) is 18.5. The van der Waals surface area contributed by atoms with E-state index in [1.165, 1.54) is 34.7 Å². The van der Waals surface area contributed by atoms with Gasteiger partial charge in [0.15, 0.2) is 0 Å². The van der Waals surface area contributed by atoms with Gasteiger partial charge in [-0.05, 0) is 65.8 Å². The van der Waals surface area contributed by atoms with E-state index in [0.29, 0.717) is 11.4 Å². The molecule has 1 aliphatic rings. The summed E-state index contributed by atoms with van der Waals surface area (Å²) in [6, 6.07) is 22.8. The second-order valence-electron chi connectivity index (χ2n) is 7.68. The fourth-order valence-corrected chi connectivity index (χ4v) is 5.70. The molecule has 5 rings (SSSR count). The number of sulfonamides is 1. The van der Waals surface area contributed by atoms with Gasteiger partial charge in [-0.3, -0.25) is 9.52 Å². The number of aryl methyl sites for hydroxylation is 2. The molecule has 0 atom stereocenters. The van der Waals surface area contributed by atoms with Crippen molar-refractivity contribution in [3.05, 3.63) is 101 Å². The monoisotopic (exact) mass is 462 g/mol. The summed E-state index contributed by atoms with van der Waals surface area (Å²) >= 11 is 6.18. The molecule has 0 fully saturated rings. The smallest absolute Gasteiger partial charge is 0.263 e. The van der Waals surface area contributed by atoms with Crippen molar-refractivity contribution in [2.45, 2.75) is 17.7 Å². The van der Waals surface area contributed by atoms with Gasteiger partial charge in [0.1, 0.15) is 4.90 Å². The first-order chi connectivity index (χ1) is 15.4. The minimum absolute atomic E-state index is 0.0373. The molecule has 160 valence electrons. The highest BCUT2D eigenvalue weighted by Gasteiger charge is 2.21. The first kappa shape index (κ1) is 20.5. The van der Waals surface area contributed by atoms with Gasteiger partial charge < -0.3 is 5.32 Å². The van der Waals surface area contributed by atoms with Crippen molar-refractivity contribution in [1.29, 1.82) is 0 Å². The maximum Gasteiger partial charge on any atom is 0.263 e. The Bertz CT molecular complexity index is 1460. The second-order valence-corrected chi connectivity index (χ2v) is 9.74. The summed E-state index contributed by atoms with van der Waals surface area (Å²) in [5.41, 5.74) is 3.86. The van der Waals surface area contributed by atoms with E-state index in [4.69, 9.17) is 11.6 Å². The van der Waals surface area contributed by atoms with Crippen molar-refractivity contribution in [2.75, 3.05) is 10.0 Å². The van der Waals surface area contributed by atoms with Crippen molar-refractivity contribution in [1.82, 2.24) is 0 Å². The molecule has 0 aliphatic heterocycles. The maximum absolute atomic E-state index is 13.0. The number of benzene rings is 4. The Hall–Kier alpha value is -3.35. The quantitative estimate of drug-likeness (QED) is 0.402. The molecule has 0 heterocycles. The Kier molecular flexibility index (Phi) is 5.12. The van der Waals surface area contributed by atoms with Gasteiger partial charge in [-0.1, -0.05) is 54.1 Å². The summed E-state index contributed by atoms with van der Waals surface area (Å²) < 4.78 is 28.3. The molecular weight excluding hydrogens is 444 g/mol. The molecule has 0 bridgehead atoms. The summed E-state index contributed by atoms with van der Waals surface area (Å²) in [6.07, 6.45) is 1.99. The number of amides is 1. The van der Waals surface area contributed by atoms with E-state index >= 15 is 0 Å². The number of carbonyl (C=O) groups excluding carboxylic acids is 1. The fraction of sp³-hybridized carbons (Fsp3) is 0.0800. The van der Waals surface area contributed by atoms with Gasteiger partial charge in [-0.25, -0.2) is 8.42 Å². The van der Waals surface area contributed by atoms with Crippen LogP contribution in [0.2, 0.25) is 5.02 Å². The molecule has 0 saturated heterocycles. The topological polar surface area (TPSA) is 75.3 Å². The standard InChI is InChI=1S/C25H19ClN2O3S/c26-21-13-11-18(15-23(21)32(30,31)28-19-6-2-1-3-7-19)25(29)27-22-14-12-17-10-9-16-5-4-8-20(22)24(16)17/h1-8,11-15,28H,9-10H2,(H,27,29). The average molecular weight is 463 g/mol. The van der Waals surface area contributed by atoms with Crippen LogP contribution in [0.1, 0.15) is 21.5 Å². The average Bonchev–Trinajstić information content (AvgIpc) is 3.21. The highest BCUT2D eigenvalue weighted by atomic mass is 35.5.